The summed E-state index contributed by atoms with van der Waals surface area (Å²) in [6.45, 7) is 3.61. The van der Waals surface area contributed by atoms with E-state index in [2.05, 4.69) is 9.93 Å². The molecule has 0 saturated heterocycles. The highest BCUT2D eigenvalue weighted by molar-refractivity contribution is 7.89. The second kappa shape index (κ2) is 6.05. The Labute approximate surface area is 123 Å². The van der Waals surface area contributed by atoms with E-state index in [9.17, 15) is 12.8 Å². The van der Waals surface area contributed by atoms with Gasteiger partial charge in [0.1, 0.15) is 5.82 Å². The average Bonchev–Trinajstić information content (AvgIpc) is 2.38. The Morgan fingerprint density at radius 2 is 1.90 bits per heavy atom. The van der Waals surface area contributed by atoms with Gasteiger partial charge in [0.2, 0.25) is 0 Å². The van der Waals surface area contributed by atoms with E-state index in [1.54, 1.807) is 25.1 Å². The molecule has 0 unspecified atom stereocenters. The van der Waals surface area contributed by atoms with Crippen molar-refractivity contribution in [3.05, 3.63) is 65.0 Å². The van der Waals surface area contributed by atoms with Gasteiger partial charge in [-0.1, -0.05) is 29.8 Å². The SMILES string of the molecule is Cc1ccc(S(=O)(=O)N/N=C/c2cccc(F)c2)c(C)c1. The van der Waals surface area contributed by atoms with E-state index in [1.807, 2.05) is 6.92 Å². The van der Waals surface area contributed by atoms with Crippen LogP contribution in [0.4, 0.5) is 4.39 Å². The molecule has 110 valence electrons. The predicted octanol–water partition coefficient (Wildman–Crippen LogP) is 2.75. The van der Waals surface area contributed by atoms with Crippen LogP contribution in [0.15, 0.2) is 52.5 Å². The molecule has 6 heteroatoms. The third-order valence-electron chi connectivity index (χ3n) is 2.86. The van der Waals surface area contributed by atoms with Crippen LogP contribution in [0, 0.1) is 19.7 Å². The second-order valence-corrected chi connectivity index (χ2v) is 6.31. The molecule has 0 aliphatic heterocycles. The normalized spacial score (nSPS) is 11.8. The molecule has 0 atom stereocenters. The Balaban J connectivity index is 2.18. The lowest BCUT2D eigenvalue weighted by Crippen LogP contribution is -2.19. The van der Waals surface area contributed by atoms with Crippen molar-refractivity contribution in [2.75, 3.05) is 0 Å². The summed E-state index contributed by atoms with van der Waals surface area (Å²) in [5, 5.41) is 3.66. The number of hydrogen-bond acceptors (Lipinski definition) is 3. The minimum absolute atomic E-state index is 0.171. The summed E-state index contributed by atoms with van der Waals surface area (Å²) in [6.07, 6.45) is 1.25. The Hall–Kier alpha value is -2.21. The Morgan fingerprint density at radius 1 is 1.14 bits per heavy atom. The molecule has 2 rings (SSSR count). The Morgan fingerprint density at radius 3 is 2.57 bits per heavy atom. The van der Waals surface area contributed by atoms with Crippen molar-refractivity contribution >= 4 is 16.2 Å². The number of rotatable bonds is 4. The van der Waals surface area contributed by atoms with E-state index in [1.165, 1.54) is 30.5 Å². The van der Waals surface area contributed by atoms with E-state index < -0.39 is 15.8 Å². The smallest absolute Gasteiger partial charge is 0.207 e. The van der Waals surface area contributed by atoms with E-state index in [0.29, 0.717) is 11.1 Å². The monoisotopic (exact) mass is 306 g/mol. The first-order chi connectivity index (χ1) is 9.88. The minimum atomic E-state index is -3.73. The summed E-state index contributed by atoms with van der Waals surface area (Å²) in [5.74, 6) is -0.406. The molecule has 0 fully saturated rings. The van der Waals surface area contributed by atoms with Crippen molar-refractivity contribution in [1.82, 2.24) is 4.83 Å². The number of halogens is 1. The topological polar surface area (TPSA) is 58.5 Å². The maximum absolute atomic E-state index is 13.0. The fraction of sp³-hybridized carbons (Fsp3) is 0.133. The fourth-order valence-corrected chi connectivity index (χ4v) is 2.93. The molecule has 2 aromatic rings. The van der Waals surface area contributed by atoms with Gasteiger partial charge in [-0.3, -0.25) is 0 Å². The van der Waals surface area contributed by atoms with Gasteiger partial charge in [-0.15, -0.1) is 0 Å². The van der Waals surface area contributed by atoms with Crippen LogP contribution in [0.5, 0.6) is 0 Å². The van der Waals surface area contributed by atoms with E-state index in [-0.39, 0.29) is 4.90 Å². The first kappa shape index (κ1) is 15.2. The molecule has 0 heterocycles. The molecule has 0 aliphatic carbocycles. The van der Waals surface area contributed by atoms with Gasteiger partial charge >= 0.3 is 0 Å². The number of nitrogens with zero attached hydrogens (tertiary/aromatic N) is 1. The van der Waals surface area contributed by atoms with Gasteiger partial charge in [0.05, 0.1) is 11.1 Å². The number of aryl methyl sites for hydroxylation is 2. The highest BCUT2D eigenvalue weighted by Gasteiger charge is 2.15. The van der Waals surface area contributed by atoms with E-state index in [0.717, 1.165) is 5.56 Å². The third-order valence-corrected chi connectivity index (χ3v) is 4.24. The summed E-state index contributed by atoms with van der Waals surface area (Å²) in [6, 6.07) is 10.7. The molecular formula is C15H15FN2O2S. The Bertz CT molecular complexity index is 786. The minimum Gasteiger partial charge on any atom is -0.207 e. The lowest BCUT2D eigenvalue weighted by atomic mass is 10.2. The number of benzene rings is 2. The second-order valence-electron chi connectivity index (χ2n) is 4.68. The first-order valence-electron chi connectivity index (χ1n) is 6.26. The molecule has 0 amide bonds. The zero-order valence-electron chi connectivity index (χ0n) is 11.7. The van der Waals surface area contributed by atoms with Crippen LogP contribution >= 0.6 is 0 Å². The molecule has 0 aromatic heterocycles. The summed E-state index contributed by atoms with van der Waals surface area (Å²) < 4.78 is 37.2. The van der Waals surface area contributed by atoms with E-state index >= 15 is 0 Å². The Kier molecular flexibility index (Phi) is 4.37. The van der Waals surface area contributed by atoms with Crippen molar-refractivity contribution < 1.29 is 12.8 Å². The molecule has 21 heavy (non-hydrogen) atoms. The van der Waals surface area contributed by atoms with Crippen molar-refractivity contribution in [2.45, 2.75) is 18.7 Å². The summed E-state index contributed by atoms with van der Waals surface area (Å²) in [4.78, 5) is 2.29. The van der Waals surface area contributed by atoms with Gasteiger partial charge in [-0.2, -0.15) is 13.5 Å². The summed E-state index contributed by atoms with van der Waals surface area (Å²) in [7, 11) is -3.73. The molecule has 0 radical (unpaired) electrons. The van der Waals surface area contributed by atoms with Gasteiger partial charge in [-0.05, 0) is 43.2 Å². The predicted molar refractivity (Wildman–Crippen MR) is 80.2 cm³/mol. The van der Waals surface area contributed by atoms with Gasteiger partial charge in [-0.25, -0.2) is 9.22 Å². The van der Waals surface area contributed by atoms with Crippen LogP contribution in [0.25, 0.3) is 0 Å². The highest BCUT2D eigenvalue weighted by atomic mass is 32.2. The lowest BCUT2D eigenvalue weighted by molar-refractivity contribution is 0.584. The number of nitrogens with one attached hydrogen (secondary N) is 1. The first-order valence-corrected chi connectivity index (χ1v) is 7.74. The van der Waals surface area contributed by atoms with Gasteiger partial charge < -0.3 is 0 Å². The highest BCUT2D eigenvalue weighted by Crippen LogP contribution is 2.16. The van der Waals surface area contributed by atoms with Crippen molar-refractivity contribution in [3.63, 3.8) is 0 Å². The molecule has 4 nitrogen and oxygen atoms in total. The standard InChI is InChI=1S/C15H15FN2O2S/c1-11-6-7-15(12(2)8-11)21(19,20)18-17-10-13-4-3-5-14(16)9-13/h3-10,18H,1-2H3/b17-10+. The van der Waals surface area contributed by atoms with Crippen molar-refractivity contribution in [3.8, 4) is 0 Å². The van der Waals surface area contributed by atoms with Gasteiger partial charge in [0, 0.05) is 0 Å². The largest absolute Gasteiger partial charge is 0.276 e. The van der Waals surface area contributed by atoms with Crippen LogP contribution in [0.1, 0.15) is 16.7 Å². The third kappa shape index (κ3) is 3.88. The number of hydrazone groups is 1. The number of sulfonamides is 1. The molecule has 0 saturated carbocycles. The molecule has 0 bridgehead atoms. The lowest BCUT2D eigenvalue weighted by Gasteiger charge is -2.07. The molecule has 0 spiro atoms. The maximum atomic E-state index is 13.0. The van der Waals surface area contributed by atoms with E-state index in [4.69, 9.17) is 0 Å². The van der Waals surface area contributed by atoms with Crippen molar-refractivity contribution in [2.24, 2.45) is 5.10 Å². The molecular weight excluding hydrogens is 291 g/mol. The zero-order chi connectivity index (χ0) is 15.5. The van der Waals surface area contributed by atoms with Gasteiger partial charge in [0.15, 0.2) is 0 Å². The average molecular weight is 306 g/mol. The maximum Gasteiger partial charge on any atom is 0.276 e. The molecule has 1 N–H and O–H groups in total. The van der Waals surface area contributed by atoms with Gasteiger partial charge in [0.25, 0.3) is 10.0 Å². The summed E-state index contributed by atoms with van der Waals surface area (Å²) >= 11 is 0. The van der Waals surface area contributed by atoms with Crippen LogP contribution in [0.2, 0.25) is 0 Å². The van der Waals surface area contributed by atoms with Crippen LogP contribution < -0.4 is 4.83 Å². The number of hydrogen-bond donors (Lipinski definition) is 1. The quantitative estimate of drug-likeness (QED) is 0.697. The van der Waals surface area contributed by atoms with Crippen LogP contribution in [-0.4, -0.2) is 14.6 Å². The summed E-state index contributed by atoms with van der Waals surface area (Å²) in [5.41, 5.74) is 2.09. The van der Waals surface area contributed by atoms with Crippen molar-refractivity contribution in [1.29, 1.82) is 0 Å². The molecule has 0 aliphatic rings. The van der Waals surface area contributed by atoms with Crippen LogP contribution in [-0.2, 0) is 10.0 Å². The fourth-order valence-electron chi connectivity index (χ4n) is 1.91. The zero-order valence-corrected chi connectivity index (χ0v) is 12.5. The molecule has 2 aromatic carbocycles. The van der Waals surface area contributed by atoms with Crippen LogP contribution in [0.3, 0.4) is 0 Å².